The highest BCUT2D eigenvalue weighted by Crippen LogP contribution is 2.31. The number of carbonyl (C=O) groups is 1. The van der Waals surface area contributed by atoms with Gasteiger partial charge in [-0.2, -0.15) is 0 Å². The molecular formula is C14H9F2N3O2S. The first-order chi connectivity index (χ1) is 10.5. The lowest BCUT2D eigenvalue weighted by Crippen LogP contribution is -2.08. The van der Waals surface area contributed by atoms with Gasteiger partial charge in [-0.15, -0.1) is 0 Å². The Hall–Kier alpha value is -2.61. The second-order valence-electron chi connectivity index (χ2n) is 4.37. The van der Waals surface area contributed by atoms with E-state index < -0.39 is 17.7 Å². The largest absolute Gasteiger partial charge is 0.465 e. The molecule has 22 heavy (non-hydrogen) atoms. The second kappa shape index (κ2) is 5.64. The fraction of sp³-hybridized carbons (Fsp3) is 0. The van der Waals surface area contributed by atoms with Crippen molar-refractivity contribution in [3.63, 3.8) is 0 Å². The second-order valence-corrected chi connectivity index (χ2v) is 5.49. The maximum atomic E-state index is 13.6. The van der Waals surface area contributed by atoms with E-state index in [1.54, 1.807) is 18.2 Å². The number of fused-ring (bicyclic) bond motifs is 1. The van der Waals surface area contributed by atoms with Crippen LogP contribution in [0, 0.1) is 11.6 Å². The molecule has 1 aromatic heterocycles. The third-order valence-corrected chi connectivity index (χ3v) is 3.84. The molecule has 0 fully saturated rings. The highest BCUT2D eigenvalue weighted by Gasteiger charge is 2.09. The number of carboxylic acid groups (broad SMARTS) is 1. The molecule has 0 aliphatic rings. The smallest absolute Gasteiger partial charge is 0.411 e. The third-order valence-electron chi connectivity index (χ3n) is 2.80. The monoisotopic (exact) mass is 321 g/mol. The van der Waals surface area contributed by atoms with Crippen molar-refractivity contribution in [1.29, 1.82) is 0 Å². The van der Waals surface area contributed by atoms with E-state index in [1.165, 1.54) is 12.1 Å². The van der Waals surface area contributed by atoms with E-state index in [9.17, 15) is 13.6 Å². The zero-order valence-electron chi connectivity index (χ0n) is 10.9. The van der Waals surface area contributed by atoms with E-state index in [0.717, 1.165) is 17.8 Å². The van der Waals surface area contributed by atoms with Gasteiger partial charge in [0.05, 0.1) is 11.0 Å². The molecule has 0 aliphatic heterocycles. The number of rotatable bonds is 3. The first-order valence-electron chi connectivity index (χ1n) is 6.14. The Kier molecular flexibility index (Phi) is 3.68. The first-order valence-corrected chi connectivity index (χ1v) is 6.95. The fourth-order valence-electron chi connectivity index (χ4n) is 1.89. The number of imidazole rings is 1. The summed E-state index contributed by atoms with van der Waals surface area (Å²) in [5.41, 5.74) is 1.18. The van der Waals surface area contributed by atoms with E-state index in [4.69, 9.17) is 5.11 Å². The molecule has 2 aromatic carbocycles. The number of nitrogens with one attached hydrogen (secondary N) is 2. The minimum Gasteiger partial charge on any atom is -0.465 e. The molecule has 112 valence electrons. The zero-order chi connectivity index (χ0) is 15.7. The minimum atomic E-state index is -1.22. The summed E-state index contributed by atoms with van der Waals surface area (Å²) in [5, 5.41) is 10.8. The van der Waals surface area contributed by atoms with Crippen molar-refractivity contribution in [1.82, 2.24) is 9.97 Å². The summed E-state index contributed by atoms with van der Waals surface area (Å²) in [7, 11) is 0. The molecule has 5 nitrogen and oxygen atoms in total. The molecular weight excluding hydrogens is 312 g/mol. The van der Waals surface area contributed by atoms with E-state index in [0.29, 0.717) is 20.8 Å². The third kappa shape index (κ3) is 3.01. The summed E-state index contributed by atoms with van der Waals surface area (Å²) in [5.74, 6) is -1.16. The van der Waals surface area contributed by atoms with Gasteiger partial charge in [-0.25, -0.2) is 18.6 Å². The van der Waals surface area contributed by atoms with Crippen molar-refractivity contribution in [2.24, 2.45) is 0 Å². The van der Waals surface area contributed by atoms with Crippen molar-refractivity contribution >= 4 is 34.8 Å². The average Bonchev–Trinajstić information content (AvgIpc) is 2.82. The van der Waals surface area contributed by atoms with Crippen molar-refractivity contribution < 1.29 is 18.7 Å². The molecule has 1 amide bonds. The van der Waals surface area contributed by atoms with Gasteiger partial charge in [-0.1, -0.05) is 11.8 Å². The number of amides is 1. The van der Waals surface area contributed by atoms with Crippen LogP contribution in [0.2, 0.25) is 0 Å². The van der Waals surface area contributed by atoms with Crippen LogP contribution < -0.4 is 5.32 Å². The van der Waals surface area contributed by atoms with Crippen LogP contribution in [0.1, 0.15) is 0 Å². The Morgan fingerprint density at radius 3 is 2.77 bits per heavy atom. The number of H-pyrrole nitrogens is 1. The fourth-order valence-corrected chi connectivity index (χ4v) is 2.75. The SMILES string of the molecule is O=C(O)Nc1nc2cc(Sc3ccc(F)cc3F)ccc2[nH]1. The lowest BCUT2D eigenvalue weighted by atomic mass is 10.3. The van der Waals surface area contributed by atoms with Crippen LogP contribution in [0.25, 0.3) is 11.0 Å². The molecule has 3 N–H and O–H groups in total. The Balaban J connectivity index is 1.89. The average molecular weight is 321 g/mol. The molecule has 3 rings (SSSR count). The van der Waals surface area contributed by atoms with Gasteiger partial charge in [-0.05, 0) is 30.3 Å². The number of hydrogen-bond acceptors (Lipinski definition) is 3. The van der Waals surface area contributed by atoms with Crippen LogP contribution in [-0.4, -0.2) is 21.2 Å². The minimum absolute atomic E-state index is 0.109. The van der Waals surface area contributed by atoms with Gasteiger partial charge in [0.2, 0.25) is 5.95 Å². The van der Waals surface area contributed by atoms with Crippen molar-refractivity contribution in [3.05, 3.63) is 48.0 Å². The van der Waals surface area contributed by atoms with Crippen LogP contribution in [0.4, 0.5) is 19.5 Å². The normalized spacial score (nSPS) is 10.8. The zero-order valence-corrected chi connectivity index (χ0v) is 11.7. The van der Waals surface area contributed by atoms with Gasteiger partial charge in [-0.3, -0.25) is 5.32 Å². The van der Waals surface area contributed by atoms with Gasteiger partial charge >= 0.3 is 6.09 Å². The number of halogens is 2. The van der Waals surface area contributed by atoms with Crippen molar-refractivity contribution in [2.75, 3.05) is 5.32 Å². The van der Waals surface area contributed by atoms with E-state index >= 15 is 0 Å². The van der Waals surface area contributed by atoms with Gasteiger partial charge in [0, 0.05) is 15.9 Å². The standard InChI is InChI=1S/C14H9F2N3O2S/c15-7-1-4-12(9(16)5-7)22-8-2-3-10-11(6-8)18-13(17-10)19-14(20)21/h1-6H,(H,20,21)(H2,17,18,19). The maximum Gasteiger partial charge on any atom is 0.411 e. The maximum absolute atomic E-state index is 13.6. The van der Waals surface area contributed by atoms with Crippen molar-refractivity contribution in [3.8, 4) is 0 Å². The summed E-state index contributed by atoms with van der Waals surface area (Å²) < 4.78 is 26.5. The number of benzene rings is 2. The molecule has 1 heterocycles. The topological polar surface area (TPSA) is 78.0 Å². The highest BCUT2D eigenvalue weighted by molar-refractivity contribution is 7.99. The first kappa shape index (κ1) is 14.3. The van der Waals surface area contributed by atoms with E-state index in [-0.39, 0.29) is 5.95 Å². The van der Waals surface area contributed by atoms with Gasteiger partial charge in [0.25, 0.3) is 0 Å². The Morgan fingerprint density at radius 1 is 1.23 bits per heavy atom. The summed E-state index contributed by atoms with van der Waals surface area (Å²) in [6.45, 7) is 0. The lowest BCUT2D eigenvalue weighted by molar-refractivity contribution is 0.209. The lowest BCUT2D eigenvalue weighted by Gasteiger charge is -2.03. The van der Waals surface area contributed by atoms with Crippen LogP contribution in [0.5, 0.6) is 0 Å². The highest BCUT2D eigenvalue weighted by atomic mass is 32.2. The molecule has 0 spiro atoms. The molecule has 0 unspecified atom stereocenters. The molecule has 3 aromatic rings. The summed E-state index contributed by atoms with van der Waals surface area (Å²) in [4.78, 5) is 18.4. The molecule has 0 radical (unpaired) electrons. The Bertz CT molecular complexity index is 866. The van der Waals surface area contributed by atoms with E-state index in [1.807, 2.05) is 0 Å². The van der Waals surface area contributed by atoms with Crippen LogP contribution in [0.3, 0.4) is 0 Å². The van der Waals surface area contributed by atoms with Crippen molar-refractivity contribution in [2.45, 2.75) is 9.79 Å². The van der Waals surface area contributed by atoms with Gasteiger partial charge in [0.15, 0.2) is 0 Å². The van der Waals surface area contributed by atoms with Crippen LogP contribution in [-0.2, 0) is 0 Å². The summed E-state index contributed by atoms with van der Waals surface area (Å²) in [6.07, 6.45) is -1.22. The predicted octanol–water partition coefficient (Wildman–Crippen LogP) is 4.08. The number of nitrogens with zero attached hydrogens (tertiary/aromatic N) is 1. The molecule has 0 bridgehead atoms. The molecule has 0 atom stereocenters. The molecule has 0 aliphatic carbocycles. The summed E-state index contributed by atoms with van der Waals surface area (Å²) >= 11 is 1.13. The van der Waals surface area contributed by atoms with Crippen LogP contribution in [0.15, 0.2) is 46.2 Å². The molecule has 0 saturated heterocycles. The Morgan fingerprint density at radius 2 is 2.05 bits per heavy atom. The summed E-state index contributed by atoms with van der Waals surface area (Å²) in [6, 6.07) is 8.50. The van der Waals surface area contributed by atoms with E-state index in [2.05, 4.69) is 15.3 Å². The number of aromatic nitrogens is 2. The number of hydrogen-bond donors (Lipinski definition) is 3. The quantitative estimate of drug-likeness (QED) is 0.679. The predicted molar refractivity (Wildman–Crippen MR) is 78.2 cm³/mol. The Labute approximate surface area is 127 Å². The molecule has 8 heteroatoms. The van der Waals surface area contributed by atoms with Gasteiger partial charge in [0.1, 0.15) is 11.6 Å². The number of aromatic amines is 1. The van der Waals surface area contributed by atoms with Gasteiger partial charge < -0.3 is 10.1 Å². The molecule has 0 saturated carbocycles. The van der Waals surface area contributed by atoms with Crippen LogP contribution >= 0.6 is 11.8 Å². The number of anilines is 1.